The lowest BCUT2D eigenvalue weighted by atomic mass is 10.2. The first-order valence-corrected chi connectivity index (χ1v) is 9.12. The fraction of sp³-hybridized carbons (Fsp3) is 0.118. The maximum absolute atomic E-state index is 12.9. The molecule has 1 amide bonds. The first-order chi connectivity index (χ1) is 11.7. The molecule has 3 aromatic rings. The number of nitrogens with zero attached hydrogens (tertiary/aromatic N) is 2. The summed E-state index contributed by atoms with van der Waals surface area (Å²) >= 11 is 2.89. The van der Waals surface area contributed by atoms with Crippen LogP contribution in [-0.4, -0.2) is 21.6 Å². The summed E-state index contributed by atoms with van der Waals surface area (Å²) in [6.45, 7) is 0. The van der Waals surface area contributed by atoms with Crippen LogP contribution in [0.15, 0.2) is 59.1 Å². The summed E-state index contributed by atoms with van der Waals surface area (Å²) in [5.74, 6) is 0.283. The van der Waals surface area contributed by atoms with Crippen LogP contribution in [0.1, 0.15) is 6.42 Å². The van der Waals surface area contributed by atoms with Gasteiger partial charge in [0, 0.05) is 29.3 Å². The number of nitrogens with one attached hydrogen (secondary N) is 1. The number of anilines is 1. The number of thiazole rings is 1. The van der Waals surface area contributed by atoms with E-state index in [-0.39, 0.29) is 11.7 Å². The molecule has 1 N–H and O–H groups in total. The van der Waals surface area contributed by atoms with Crippen molar-refractivity contribution in [3.05, 3.63) is 59.9 Å². The van der Waals surface area contributed by atoms with Crippen LogP contribution in [0.5, 0.6) is 0 Å². The van der Waals surface area contributed by atoms with E-state index < -0.39 is 0 Å². The van der Waals surface area contributed by atoms with Gasteiger partial charge >= 0.3 is 0 Å². The van der Waals surface area contributed by atoms with Gasteiger partial charge in [-0.3, -0.25) is 4.79 Å². The minimum Gasteiger partial charge on any atom is -0.302 e. The van der Waals surface area contributed by atoms with Gasteiger partial charge in [0.2, 0.25) is 5.91 Å². The smallest absolute Gasteiger partial charge is 0.226 e. The molecule has 0 atom stereocenters. The van der Waals surface area contributed by atoms with Gasteiger partial charge in [0.25, 0.3) is 0 Å². The highest BCUT2D eigenvalue weighted by atomic mass is 32.2. The second kappa shape index (κ2) is 8.03. The molecule has 0 aliphatic heterocycles. The molecular weight excluding hydrogens is 345 g/mol. The molecule has 1 aromatic carbocycles. The molecule has 122 valence electrons. The van der Waals surface area contributed by atoms with Crippen molar-refractivity contribution in [3.8, 4) is 11.3 Å². The van der Waals surface area contributed by atoms with Crippen molar-refractivity contribution in [2.75, 3.05) is 11.1 Å². The van der Waals surface area contributed by atoms with Crippen molar-refractivity contribution < 1.29 is 9.18 Å². The fourth-order valence-electron chi connectivity index (χ4n) is 1.95. The molecule has 3 rings (SSSR count). The summed E-state index contributed by atoms with van der Waals surface area (Å²) in [7, 11) is 0. The third kappa shape index (κ3) is 4.62. The molecule has 0 saturated carbocycles. The zero-order chi connectivity index (χ0) is 16.8. The minimum atomic E-state index is -0.284. The van der Waals surface area contributed by atoms with Gasteiger partial charge in [-0.2, -0.15) is 0 Å². The van der Waals surface area contributed by atoms with Gasteiger partial charge in [-0.1, -0.05) is 6.07 Å². The number of rotatable bonds is 6. The summed E-state index contributed by atoms with van der Waals surface area (Å²) in [6.07, 6.45) is 2.11. The number of aromatic nitrogens is 2. The van der Waals surface area contributed by atoms with E-state index in [0.717, 1.165) is 16.3 Å². The van der Waals surface area contributed by atoms with E-state index in [1.165, 1.54) is 35.2 Å². The highest BCUT2D eigenvalue weighted by Gasteiger charge is 2.08. The quantitative estimate of drug-likeness (QED) is 0.660. The highest BCUT2D eigenvalue weighted by Crippen LogP contribution is 2.25. The number of carbonyl (C=O) groups is 1. The zero-order valence-corrected chi connectivity index (χ0v) is 14.2. The van der Waals surface area contributed by atoms with Crippen molar-refractivity contribution in [2.24, 2.45) is 0 Å². The molecule has 24 heavy (non-hydrogen) atoms. The van der Waals surface area contributed by atoms with Gasteiger partial charge < -0.3 is 5.32 Å². The molecule has 0 bridgehead atoms. The number of hydrogen-bond acceptors (Lipinski definition) is 5. The van der Waals surface area contributed by atoms with Crippen LogP contribution in [0, 0.1) is 5.82 Å². The van der Waals surface area contributed by atoms with E-state index in [4.69, 9.17) is 0 Å². The van der Waals surface area contributed by atoms with Crippen LogP contribution in [0.25, 0.3) is 11.3 Å². The molecule has 0 aliphatic rings. The third-order valence-corrected chi connectivity index (χ3v) is 4.81. The molecule has 0 aliphatic carbocycles. The number of pyridine rings is 1. The maximum Gasteiger partial charge on any atom is 0.226 e. The number of hydrogen-bond donors (Lipinski definition) is 1. The van der Waals surface area contributed by atoms with Gasteiger partial charge in [-0.15, -0.1) is 23.1 Å². The second-order valence-electron chi connectivity index (χ2n) is 4.86. The summed E-state index contributed by atoms with van der Waals surface area (Å²) < 4.78 is 12.9. The van der Waals surface area contributed by atoms with Crippen LogP contribution < -0.4 is 5.32 Å². The maximum atomic E-state index is 12.9. The number of halogens is 1. The lowest BCUT2D eigenvalue weighted by Crippen LogP contribution is -2.11. The first-order valence-electron chi connectivity index (χ1n) is 7.26. The number of amides is 1. The average Bonchev–Trinajstić information content (AvgIpc) is 3.05. The Morgan fingerprint density at radius 1 is 1.21 bits per heavy atom. The Labute approximate surface area is 147 Å². The van der Waals surface area contributed by atoms with Crippen LogP contribution >= 0.6 is 23.1 Å². The van der Waals surface area contributed by atoms with Gasteiger partial charge in [-0.05, 0) is 36.4 Å². The minimum absolute atomic E-state index is 0.0848. The van der Waals surface area contributed by atoms with Crippen LogP contribution in [-0.2, 0) is 4.79 Å². The fourth-order valence-corrected chi connectivity index (χ4v) is 3.49. The highest BCUT2D eigenvalue weighted by molar-refractivity contribution is 7.99. The van der Waals surface area contributed by atoms with Crippen LogP contribution in [0.4, 0.5) is 9.52 Å². The summed E-state index contributed by atoms with van der Waals surface area (Å²) in [5.41, 5.74) is 1.54. The Morgan fingerprint density at radius 3 is 2.79 bits per heavy atom. The second-order valence-corrected chi connectivity index (χ2v) is 6.83. The normalized spacial score (nSPS) is 10.5. The van der Waals surface area contributed by atoms with E-state index >= 15 is 0 Å². The Morgan fingerprint density at radius 2 is 2.04 bits per heavy atom. The van der Waals surface area contributed by atoms with Crippen molar-refractivity contribution in [2.45, 2.75) is 11.4 Å². The zero-order valence-electron chi connectivity index (χ0n) is 12.6. The van der Waals surface area contributed by atoms with Crippen molar-refractivity contribution in [3.63, 3.8) is 0 Å². The SMILES string of the molecule is O=C(CCSc1ccccn1)Nc1nc(-c2ccc(F)cc2)cs1. The summed E-state index contributed by atoms with van der Waals surface area (Å²) in [6, 6.07) is 11.8. The van der Waals surface area contributed by atoms with E-state index in [2.05, 4.69) is 15.3 Å². The lowest BCUT2D eigenvalue weighted by Gasteiger charge is -2.02. The van der Waals surface area contributed by atoms with Gasteiger partial charge in [-0.25, -0.2) is 14.4 Å². The molecule has 2 heterocycles. The van der Waals surface area contributed by atoms with E-state index in [9.17, 15) is 9.18 Å². The topological polar surface area (TPSA) is 54.9 Å². The molecule has 0 spiro atoms. The number of thioether (sulfide) groups is 1. The first kappa shape index (κ1) is 16.6. The van der Waals surface area contributed by atoms with E-state index in [1.807, 2.05) is 23.6 Å². The van der Waals surface area contributed by atoms with E-state index in [0.29, 0.717) is 17.3 Å². The molecule has 4 nitrogen and oxygen atoms in total. The number of carbonyl (C=O) groups excluding carboxylic acids is 1. The van der Waals surface area contributed by atoms with Gasteiger partial charge in [0.1, 0.15) is 5.82 Å². The standard InChI is InChI=1S/C17H14FN3OS2/c18-13-6-4-12(5-7-13)14-11-24-17(20-14)21-15(22)8-10-23-16-3-1-2-9-19-16/h1-7,9,11H,8,10H2,(H,20,21,22). The Bertz CT molecular complexity index is 806. The number of benzene rings is 1. The molecule has 2 aromatic heterocycles. The monoisotopic (exact) mass is 359 g/mol. The van der Waals surface area contributed by atoms with Crippen LogP contribution in [0.3, 0.4) is 0 Å². The summed E-state index contributed by atoms with van der Waals surface area (Å²) in [4.78, 5) is 20.5. The Hall–Kier alpha value is -2.25. The van der Waals surface area contributed by atoms with Crippen molar-refractivity contribution in [1.29, 1.82) is 0 Å². The predicted octanol–water partition coefficient (Wildman–Crippen LogP) is 4.47. The third-order valence-electron chi connectivity index (χ3n) is 3.11. The Balaban J connectivity index is 1.51. The lowest BCUT2D eigenvalue weighted by molar-refractivity contribution is -0.115. The van der Waals surface area contributed by atoms with Crippen LogP contribution in [0.2, 0.25) is 0 Å². The van der Waals surface area contributed by atoms with Gasteiger partial charge in [0.15, 0.2) is 5.13 Å². The van der Waals surface area contributed by atoms with E-state index in [1.54, 1.807) is 18.3 Å². The molecular formula is C17H14FN3OS2. The molecule has 0 unspecified atom stereocenters. The van der Waals surface area contributed by atoms with Crippen molar-refractivity contribution >= 4 is 34.1 Å². The van der Waals surface area contributed by atoms with Gasteiger partial charge in [0.05, 0.1) is 10.7 Å². The summed E-state index contributed by atoms with van der Waals surface area (Å²) in [5, 5.41) is 6.07. The average molecular weight is 359 g/mol. The Kier molecular flexibility index (Phi) is 5.55. The molecule has 0 radical (unpaired) electrons. The molecule has 0 saturated heterocycles. The van der Waals surface area contributed by atoms with Crippen molar-refractivity contribution in [1.82, 2.24) is 9.97 Å². The molecule has 7 heteroatoms. The largest absolute Gasteiger partial charge is 0.302 e. The molecule has 0 fully saturated rings. The predicted molar refractivity (Wildman–Crippen MR) is 95.7 cm³/mol.